The zero-order valence-corrected chi connectivity index (χ0v) is 14.2. The average Bonchev–Trinajstić information content (AvgIpc) is 2.94. The Kier molecular flexibility index (Phi) is 5.24. The third-order valence-electron chi connectivity index (χ3n) is 4.42. The molecule has 1 aliphatic heterocycles. The Morgan fingerprint density at radius 1 is 1.32 bits per heavy atom. The van der Waals surface area contributed by atoms with Crippen LogP contribution in [0.5, 0.6) is 0 Å². The molecule has 0 spiro atoms. The van der Waals surface area contributed by atoms with Crippen LogP contribution in [0, 0.1) is 12.8 Å². The van der Waals surface area contributed by atoms with E-state index < -0.39 is 0 Å². The largest absolute Gasteiger partial charge is 0.381 e. The normalized spacial score (nSPS) is 22.8. The number of rotatable bonds is 5. The van der Waals surface area contributed by atoms with Crippen LogP contribution in [0.4, 0.5) is 0 Å². The molecular formula is C18H24N2OS. The molecule has 2 heterocycles. The Hall–Kier alpha value is -1.23. The van der Waals surface area contributed by atoms with Crippen molar-refractivity contribution in [1.82, 2.24) is 9.88 Å². The zero-order valence-electron chi connectivity index (χ0n) is 13.4. The van der Waals surface area contributed by atoms with Crippen molar-refractivity contribution in [3.63, 3.8) is 0 Å². The molecule has 2 aromatic rings. The lowest BCUT2D eigenvalue weighted by atomic mass is 9.88. The number of thiazole rings is 1. The van der Waals surface area contributed by atoms with Gasteiger partial charge >= 0.3 is 0 Å². The highest BCUT2D eigenvalue weighted by molar-refractivity contribution is 7.09. The molecule has 22 heavy (non-hydrogen) atoms. The molecule has 1 aromatic heterocycles. The Labute approximate surface area is 137 Å². The first kappa shape index (κ1) is 15.7. The number of nitrogens with zero attached hydrogens (tertiary/aromatic N) is 2. The van der Waals surface area contributed by atoms with Crippen LogP contribution in [0.15, 0.2) is 35.7 Å². The zero-order chi connectivity index (χ0) is 15.4. The van der Waals surface area contributed by atoms with E-state index in [2.05, 4.69) is 52.5 Å². The lowest BCUT2D eigenvalue weighted by molar-refractivity contribution is -0.00850. The highest BCUT2D eigenvalue weighted by Crippen LogP contribution is 2.25. The molecule has 0 bridgehead atoms. The minimum Gasteiger partial charge on any atom is -0.381 e. The number of aryl methyl sites for hydroxylation is 1. The predicted molar refractivity (Wildman–Crippen MR) is 91.2 cm³/mol. The fraction of sp³-hybridized carbons (Fsp3) is 0.500. The van der Waals surface area contributed by atoms with Crippen molar-refractivity contribution >= 4 is 11.3 Å². The van der Waals surface area contributed by atoms with Crippen molar-refractivity contribution in [3.8, 4) is 0 Å². The van der Waals surface area contributed by atoms with Gasteiger partial charge in [0.1, 0.15) is 5.01 Å². The van der Waals surface area contributed by atoms with Gasteiger partial charge in [0.25, 0.3) is 0 Å². The standard InChI is InChI=1S/C18H24N2OS/c1-14-13-22-18(19-14)12-20-9-8-17(21-2)16(11-20)10-15-6-4-3-5-7-15/h3-7,13,16-17H,8-12H2,1-2H3/t16-,17+/m0/s1. The average molecular weight is 316 g/mol. The molecule has 3 nitrogen and oxygen atoms in total. The summed E-state index contributed by atoms with van der Waals surface area (Å²) >= 11 is 1.77. The van der Waals surface area contributed by atoms with Gasteiger partial charge < -0.3 is 4.74 Å². The number of piperidine rings is 1. The summed E-state index contributed by atoms with van der Waals surface area (Å²) in [6.45, 7) is 5.23. The lowest BCUT2D eigenvalue weighted by Crippen LogP contribution is -2.44. The van der Waals surface area contributed by atoms with Crippen LogP contribution in [-0.4, -0.2) is 36.2 Å². The maximum atomic E-state index is 5.74. The summed E-state index contributed by atoms with van der Waals surface area (Å²) in [4.78, 5) is 7.13. The van der Waals surface area contributed by atoms with E-state index in [1.54, 1.807) is 11.3 Å². The molecule has 0 aliphatic carbocycles. The van der Waals surface area contributed by atoms with Gasteiger partial charge in [-0.2, -0.15) is 0 Å². The van der Waals surface area contributed by atoms with E-state index in [-0.39, 0.29) is 0 Å². The Balaban J connectivity index is 1.64. The minimum absolute atomic E-state index is 0.370. The molecule has 0 N–H and O–H groups in total. The van der Waals surface area contributed by atoms with Gasteiger partial charge in [-0.05, 0) is 25.3 Å². The molecular weight excluding hydrogens is 292 g/mol. The summed E-state index contributed by atoms with van der Waals surface area (Å²) in [7, 11) is 1.85. The number of ether oxygens (including phenoxy) is 1. The highest BCUT2D eigenvalue weighted by Gasteiger charge is 2.29. The van der Waals surface area contributed by atoms with Crippen molar-refractivity contribution in [2.75, 3.05) is 20.2 Å². The molecule has 4 heteroatoms. The smallest absolute Gasteiger partial charge is 0.107 e. The molecule has 1 fully saturated rings. The van der Waals surface area contributed by atoms with Crippen LogP contribution < -0.4 is 0 Å². The van der Waals surface area contributed by atoms with E-state index in [0.717, 1.165) is 38.2 Å². The fourth-order valence-electron chi connectivity index (χ4n) is 3.32. The Bertz CT molecular complexity index is 584. The summed E-state index contributed by atoms with van der Waals surface area (Å²) in [5.41, 5.74) is 2.54. The second kappa shape index (κ2) is 7.36. The molecule has 1 aliphatic rings. The van der Waals surface area contributed by atoms with Crippen molar-refractivity contribution in [2.24, 2.45) is 5.92 Å². The summed E-state index contributed by atoms with van der Waals surface area (Å²) in [6.07, 6.45) is 2.57. The maximum absolute atomic E-state index is 5.74. The van der Waals surface area contributed by atoms with E-state index in [9.17, 15) is 0 Å². The second-order valence-electron chi connectivity index (χ2n) is 6.13. The molecule has 3 rings (SSSR count). The van der Waals surface area contributed by atoms with Crippen LogP contribution in [0.1, 0.15) is 22.7 Å². The van der Waals surface area contributed by atoms with E-state index in [1.807, 2.05) is 7.11 Å². The van der Waals surface area contributed by atoms with Gasteiger partial charge in [0.2, 0.25) is 0 Å². The van der Waals surface area contributed by atoms with Crippen LogP contribution in [0.3, 0.4) is 0 Å². The summed E-state index contributed by atoms with van der Waals surface area (Å²) in [5.74, 6) is 0.558. The van der Waals surface area contributed by atoms with Crippen LogP contribution >= 0.6 is 11.3 Å². The van der Waals surface area contributed by atoms with Gasteiger partial charge in [-0.25, -0.2) is 4.98 Å². The van der Waals surface area contributed by atoms with Crippen LogP contribution in [0.25, 0.3) is 0 Å². The van der Waals surface area contributed by atoms with Gasteiger partial charge in [-0.1, -0.05) is 30.3 Å². The van der Waals surface area contributed by atoms with Crippen molar-refractivity contribution < 1.29 is 4.74 Å². The van der Waals surface area contributed by atoms with E-state index in [0.29, 0.717) is 12.0 Å². The van der Waals surface area contributed by atoms with E-state index in [4.69, 9.17) is 4.74 Å². The van der Waals surface area contributed by atoms with Crippen LogP contribution in [0.2, 0.25) is 0 Å². The molecule has 0 saturated carbocycles. The van der Waals surface area contributed by atoms with E-state index >= 15 is 0 Å². The second-order valence-corrected chi connectivity index (χ2v) is 7.07. The monoisotopic (exact) mass is 316 g/mol. The van der Waals surface area contributed by atoms with Gasteiger partial charge in [0.15, 0.2) is 0 Å². The van der Waals surface area contributed by atoms with Crippen molar-refractivity contribution in [1.29, 1.82) is 0 Å². The van der Waals surface area contributed by atoms with Crippen molar-refractivity contribution in [2.45, 2.75) is 32.4 Å². The molecule has 0 unspecified atom stereocenters. The minimum atomic E-state index is 0.370. The molecule has 0 amide bonds. The molecule has 118 valence electrons. The topological polar surface area (TPSA) is 25.4 Å². The first-order valence-corrected chi connectivity index (χ1v) is 8.82. The lowest BCUT2D eigenvalue weighted by Gasteiger charge is -2.37. The third-order valence-corrected chi connectivity index (χ3v) is 5.37. The number of hydrogen-bond donors (Lipinski definition) is 0. The van der Waals surface area contributed by atoms with Gasteiger partial charge in [0.05, 0.1) is 12.6 Å². The number of aromatic nitrogens is 1. The van der Waals surface area contributed by atoms with Gasteiger partial charge in [-0.3, -0.25) is 4.90 Å². The fourth-order valence-corrected chi connectivity index (χ4v) is 4.13. The first-order chi connectivity index (χ1) is 10.7. The van der Waals surface area contributed by atoms with Crippen LogP contribution in [-0.2, 0) is 17.7 Å². The Morgan fingerprint density at radius 3 is 2.82 bits per heavy atom. The predicted octanol–water partition coefficient (Wildman–Crippen LogP) is 3.53. The summed E-state index contributed by atoms with van der Waals surface area (Å²) in [5, 5.41) is 3.37. The SMILES string of the molecule is CO[C@@H]1CCN(Cc2nc(C)cs2)C[C@@H]1Cc1ccccc1. The summed E-state index contributed by atoms with van der Waals surface area (Å²) < 4.78 is 5.74. The van der Waals surface area contributed by atoms with Crippen molar-refractivity contribution in [3.05, 3.63) is 52.0 Å². The number of likely N-dealkylation sites (tertiary alicyclic amines) is 1. The number of hydrogen-bond acceptors (Lipinski definition) is 4. The number of methoxy groups -OCH3 is 1. The van der Waals surface area contributed by atoms with E-state index in [1.165, 1.54) is 10.6 Å². The van der Waals surface area contributed by atoms with Gasteiger partial charge in [-0.15, -0.1) is 11.3 Å². The quantitative estimate of drug-likeness (QED) is 0.844. The number of benzene rings is 1. The summed E-state index contributed by atoms with van der Waals surface area (Å²) in [6, 6.07) is 10.8. The Morgan fingerprint density at radius 2 is 2.14 bits per heavy atom. The maximum Gasteiger partial charge on any atom is 0.107 e. The highest BCUT2D eigenvalue weighted by atomic mass is 32.1. The molecule has 1 aromatic carbocycles. The molecule has 2 atom stereocenters. The first-order valence-electron chi connectivity index (χ1n) is 7.94. The molecule has 0 radical (unpaired) electrons. The third kappa shape index (κ3) is 3.94. The van der Waals surface area contributed by atoms with Gasteiger partial charge in [0, 0.05) is 37.2 Å². The molecule has 1 saturated heterocycles.